The molecule has 8 heteroatoms. The Hall–Kier alpha value is -4.20. The Morgan fingerprint density at radius 1 is 0.941 bits per heavy atom. The van der Waals surface area contributed by atoms with Crippen molar-refractivity contribution in [2.24, 2.45) is 0 Å². The largest absolute Gasteiger partial charge is 0.497 e. The van der Waals surface area contributed by atoms with Gasteiger partial charge >= 0.3 is 0 Å². The molecule has 0 bridgehead atoms. The summed E-state index contributed by atoms with van der Waals surface area (Å²) in [6.45, 7) is 2.64. The van der Waals surface area contributed by atoms with Crippen LogP contribution in [0.4, 0.5) is 5.69 Å². The standard InChI is InChI=1S/C26H26N2O6/c1-4-13-33-18-9-7-17(8-10-18)23-24(27-21-15-19(31-2)11-12-22(21)32-3)26(30)28(25(23)29)16-20-6-5-14-34-20/h5-12,14-15,27H,4,13,16H2,1-3H3. The van der Waals surface area contributed by atoms with Gasteiger partial charge in [0.2, 0.25) is 0 Å². The molecule has 0 saturated heterocycles. The van der Waals surface area contributed by atoms with Gasteiger partial charge in [-0.3, -0.25) is 14.5 Å². The summed E-state index contributed by atoms with van der Waals surface area (Å²) < 4.78 is 21.8. The van der Waals surface area contributed by atoms with E-state index >= 15 is 0 Å². The predicted molar refractivity (Wildman–Crippen MR) is 127 cm³/mol. The zero-order valence-electron chi connectivity index (χ0n) is 19.3. The maximum absolute atomic E-state index is 13.5. The number of rotatable bonds is 10. The second kappa shape index (κ2) is 10.2. The molecule has 34 heavy (non-hydrogen) atoms. The molecule has 1 aliphatic rings. The van der Waals surface area contributed by atoms with Gasteiger partial charge in [-0.05, 0) is 48.4 Å². The lowest BCUT2D eigenvalue weighted by atomic mass is 10.0. The Balaban J connectivity index is 1.74. The Bertz CT molecular complexity index is 1200. The lowest BCUT2D eigenvalue weighted by molar-refractivity contribution is -0.137. The van der Waals surface area contributed by atoms with Gasteiger partial charge in [0, 0.05) is 6.07 Å². The van der Waals surface area contributed by atoms with Gasteiger partial charge < -0.3 is 23.9 Å². The lowest BCUT2D eigenvalue weighted by Gasteiger charge is -2.15. The van der Waals surface area contributed by atoms with Gasteiger partial charge in [-0.15, -0.1) is 0 Å². The molecule has 0 aliphatic carbocycles. The summed E-state index contributed by atoms with van der Waals surface area (Å²) in [6, 6.07) is 15.7. The van der Waals surface area contributed by atoms with E-state index in [2.05, 4.69) is 5.32 Å². The van der Waals surface area contributed by atoms with Crippen molar-refractivity contribution in [3.8, 4) is 17.2 Å². The van der Waals surface area contributed by atoms with E-state index in [4.69, 9.17) is 18.6 Å². The molecule has 4 rings (SSSR count). The van der Waals surface area contributed by atoms with E-state index < -0.39 is 11.8 Å². The first-order chi connectivity index (χ1) is 16.5. The minimum absolute atomic E-state index is 0.0201. The molecule has 0 spiro atoms. The first kappa shape index (κ1) is 23.0. The van der Waals surface area contributed by atoms with E-state index in [0.29, 0.717) is 40.9 Å². The van der Waals surface area contributed by atoms with Gasteiger partial charge in [0.1, 0.15) is 28.7 Å². The fourth-order valence-corrected chi connectivity index (χ4v) is 3.65. The van der Waals surface area contributed by atoms with Crippen molar-refractivity contribution in [3.63, 3.8) is 0 Å². The average molecular weight is 463 g/mol. The molecule has 2 heterocycles. The Morgan fingerprint density at radius 2 is 1.71 bits per heavy atom. The summed E-state index contributed by atoms with van der Waals surface area (Å²) in [6.07, 6.45) is 2.39. The third-order valence-electron chi connectivity index (χ3n) is 5.34. The normalized spacial score (nSPS) is 13.4. The number of hydrogen-bond acceptors (Lipinski definition) is 7. The van der Waals surface area contributed by atoms with Crippen molar-refractivity contribution in [1.29, 1.82) is 0 Å². The molecule has 2 aromatic carbocycles. The predicted octanol–water partition coefficient (Wildman–Crippen LogP) is 4.48. The van der Waals surface area contributed by atoms with Crippen LogP contribution in [0.2, 0.25) is 0 Å². The van der Waals surface area contributed by atoms with Crippen molar-refractivity contribution in [2.45, 2.75) is 19.9 Å². The van der Waals surface area contributed by atoms with E-state index in [1.54, 1.807) is 61.7 Å². The number of benzene rings is 2. The topological polar surface area (TPSA) is 90.2 Å². The number of imide groups is 1. The number of amides is 2. The second-order valence-corrected chi connectivity index (χ2v) is 7.59. The molecular weight excluding hydrogens is 436 g/mol. The smallest absolute Gasteiger partial charge is 0.278 e. The van der Waals surface area contributed by atoms with Gasteiger partial charge in [0.25, 0.3) is 11.8 Å². The third kappa shape index (κ3) is 4.61. The van der Waals surface area contributed by atoms with Crippen molar-refractivity contribution >= 4 is 23.1 Å². The fourth-order valence-electron chi connectivity index (χ4n) is 3.65. The summed E-state index contributed by atoms with van der Waals surface area (Å²) in [5, 5.41) is 3.12. The van der Waals surface area contributed by atoms with Crippen molar-refractivity contribution in [2.75, 3.05) is 26.1 Å². The Labute approximate surface area is 197 Å². The van der Waals surface area contributed by atoms with E-state index in [0.717, 1.165) is 11.3 Å². The average Bonchev–Trinajstić information content (AvgIpc) is 3.46. The molecular formula is C26H26N2O6. The number of ether oxygens (including phenoxy) is 3. The number of hydrogen-bond donors (Lipinski definition) is 1. The summed E-state index contributed by atoms with van der Waals surface area (Å²) in [5.74, 6) is 1.39. The van der Waals surface area contributed by atoms with Crippen LogP contribution in [0.5, 0.6) is 17.2 Å². The second-order valence-electron chi connectivity index (χ2n) is 7.59. The third-order valence-corrected chi connectivity index (χ3v) is 5.34. The molecule has 0 radical (unpaired) electrons. The highest BCUT2D eigenvalue weighted by Gasteiger charge is 2.40. The van der Waals surface area contributed by atoms with E-state index in [1.807, 2.05) is 6.92 Å². The number of carbonyl (C=O) groups excluding carboxylic acids is 2. The van der Waals surface area contributed by atoms with Gasteiger partial charge in [-0.25, -0.2) is 0 Å². The highest BCUT2D eigenvalue weighted by atomic mass is 16.5. The van der Waals surface area contributed by atoms with Crippen LogP contribution in [-0.2, 0) is 16.1 Å². The zero-order chi connectivity index (χ0) is 24.1. The van der Waals surface area contributed by atoms with Gasteiger partial charge in [0.15, 0.2) is 0 Å². The highest BCUT2D eigenvalue weighted by molar-refractivity contribution is 6.36. The molecule has 176 valence electrons. The zero-order valence-corrected chi connectivity index (χ0v) is 19.3. The van der Waals surface area contributed by atoms with Crippen LogP contribution in [0.3, 0.4) is 0 Å². The fraction of sp³-hybridized carbons (Fsp3) is 0.231. The van der Waals surface area contributed by atoms with Crippen LogP contribution in [-0.4, -0.2) is 37.5 Å². The molecule has 0 atom stereocenters. The van der Waals surface area contributed by atoms with Gasteiger partial charge in [-0.2, -0.15) is 0 Å². The van der Waals surface area contributed by atoms with Crippen LogP contribution in [0.15, 0.2) is 71.0 Å². The number of carbonyl (C=O) groups is 2. The number of nitrogens with one attached hydrogen (secondary N) is 1. The van der Waals surface area contributed by atoms with Gasteiger partial charge in [0.05, 0.1) is 44.9 Å². The molecule has 1 aliphatic heterocycles. The van der Waals surface area contributed by atoms with Crippen LogP contribution >= 0.6 is 0 Å². The Morgan fingerprint density at radius 3 is 2.35 bits per heavy atom. The van der Waals surface area contributed by atoms with E-state index in [9.17, 15) is 9.59 Å². The van der Waals surface area contributed by atoms with E-state index in [1.165, 1.54) is 13.4 Å². The van der Waals surface area contributed by atoms with Crippen molar-refractivity contribution < 1.29 is 28.2 Å². The van der Waals surface area contributed by atoms with Crippen LogP contribution in [0.25, 0.3) is 5.57 Å². The highest BCUT2D eigenvalue weighted by Crippen LogP contribution is 2.36. The lowest BCUT2D eigenvalue weighted by Crippen LogP contribution is -2.31. The van der Waals surface area contributed by atoms with Crippen molar-refractivity contribution in [1.82, 2.24) is 4.90 Å². The first-order valence-electron chi connectivity index (χ1n) is 10.9. The quantitative estimate of drug-likeness (QED) is 0.444. The number of furan rings is 1. The molecule has 1 aromatic heterocycles. The SMILES string of the molecule is CCCOc1ccc(C2=C(Nc3cc(OC)ccc3OC)C(=O)N(Cc3ccco3)C2=O)cc1. The van der Waals surface area contributed by atoms with Crippen LogP contribution < -0.4 is 19.5 Å². The van der Waals surface area contributed by atoms with E-state index in [-0.39, 0.29) is 17.8 Å². The summed E-state index contributed by atoms with van der Waals surface area (Å²) in [5.41, 5.74) is 1.49. The maximum atomic E-state index is 13.5. The minimum Gasteiger partial charge on any atom is -0.497 e. The van der Waals surface area contributed by atoms with Crippen LogP contribution in [0.1, 0.15) is 24.7 Å². The molecule has 0 saturated carbocycles. The molecule has 0 unspecified atom stereocenters. The summed E-state index contributed by atoms with van der Waals surface area (Å²) in [7, 11) is 3.08. The monoisotopic (exact) mass is 462 g/mol. The molecule has 2 amide bonds. The van der Waals surface area contributed by atoms with Crippen molar-refractivity contribution in [3.05, 3.63) is 77.9 Å². The molecule has 3 aromatic rings. The minimum atomic E-state index is -0.465. The number of anilines is 1. The number of methoxy groups -OCH3 is 2. The molecule has 8 nitrogen and oxygen atoms in total. The summed E-state index contributed by atoms with van der Waals surface area (Å²) >= 11 is 0. The molecule has 1 N–H and O–H groups in total. The van der Waals surface area contributed by atoms with Crippen LogP contribution in [0, 0.1) is 0 Å². The molecule has 0 fully saturated rings. The van der Waals surface area contributed by atoms with Gasteiger partial charge in [-0.1, -0.05) is 19.1 Å². The Kier molecular flexibility index (Phi) is 6.87. The maximum Gasteiger partial charge on any atom is 0.278 e. The first-order valence-corrected chi connectivity index (χ1v) is 10.9. The number of nitrogens with zero attached hydrogens (tertiary/aromatic N) is 1. The summed E-state index contributed by atoms with van der Waals surface area (Å²) in [4.78, 5) is 28.1.